The van der Waals surface area contributed by atoms with Crippen LogP contribution < -0.4 is 0 Å². The van der Waals surface area contributed by atoms with E-state index in [-0.39, 0.29) is 17.9 Å². The van der Waals surface area contributed by atoms with Crippen molar-refractivity contribution in [3.05, 3.63) is 0 Å². The van der Waals surface area contributed by atoms with E-state index in [1.165, 1.54) is 6.42 Å². The lowest BCUT2D eigenvalue weighted by Gasteiger charge is -2.40. The average molecular weight is 293 g/mol. The van der Waals surface area contributed by atoms with E-state index in [2.05, 4.69) is 18.7 Å². The van der Waals surface area contributed by atoms with E-state index in [0.717, 1.165) is 64.3 Å². The molecule has 1 heterocycles. The van der Waals surface area contributed by atoms with Crippen LogP contribution in [0.3, 0.4) is 0 Å². The molecule has 0 aromatic carbocycles. The number of likely N-dealkylation sites (tertiary alicyclic amines) is 1. The Hall–Kier alpha value is -0.860. The first-order valence-corrected chi connectivity index (χ1v) is 9.02. The smallest absolute Gasteiger partial charge is 0.225 e. The van der Waals surface area contributed by atoms with Crippen molar-refractivity contribution < 1.29 is 9.59 Å². The van der Waals surface area contributed by atoms with E-state index in [9.17, 15) is 9.59 Å². The lowest BCUT2D eigenvalue weighted by Crippen LogP contribution is -2.50. The zero-order chi connectivity index (χ0) is 15.2. The highest BCUT2D eigenvalue weighted by Crippen LogP contribution is 2.34. The maximum Gasteiger partial charge on any atom is 0.225 e. The van der Waals surface area contributed by atoms with Crippen LogP contribution in [-0.2, 0) is 9.59 Å². The summed E-state index contributed by atoms with van der Waals surface area (Å²) in [5, 5.41) is 0. The van der Waals surface area contributed by atoms with E-state index in [0.29, 0.717) is 11.7 Å². The van der Waals surface area contributed by atoms with Gasteiger partial charge in [0.2, 0.25) is 5.91 Å². The highest BCUT2D eigenvalue weighted by Gasteiger charge is 2.39. The molecule has 3 unspecified atom stereocenters. The zero-order valence-electron chi connectivity index (χ0n) is 13.8. The summed E-state index contributed by atoms with van der Waals surface area (Å²) in [6.07, 6.45) is 10.3. The first kappa shape index (κ1) is 16.5. The Morgan fingerprint density at radius 2 is 2.05 bits per heavy atom. The minimum atomic E-state index is 0.137. The fraction of sp³-hybridized carbons (Fsp3) is 0.889. The second-order valence-corrected chi connectivity index (χ2v) is 6.81. The number of unbranched alkanes of at least 4 members (excludes halogenated alkanes) is 1. The predicted octanol–water partition coefficient (Wildman–Crippen LogP) is 3.95. The number of ketones is 1. The minimum absolute atomic E-state index is 0.137. The molecule has 2 fully saturated rings. The Labute approximate surface area is 129 Å². The van der Waals surface area contributed by atoms with Crippen LogP contribution in [-0.4, -0.2) is 29.2 Å². The number of Topliss-reactive ketones (excluding diaryl/α,β-unsaturated/α-hetero) is 1. The fourth-order valence-electron chi connectivity index (χ4n) is 4.09. The topological polar surface area (TPSA) is 37.4 Å². The van der Waals surface area contributed by atoms with E-state index in [1.807, 2.05) is 0 Å². The second-order valence-electron chi connectivity index (χ2n) is 6.81. The van der Waals surface area contributed by atoms with E-state index < -0.39 is 0 Å². The maximum absolute atomic E-state index is 12.9. The molecule has 1 saturated heterocycles. The molecule has 1 saturated carbocycles. The molecule has 2 rings (SSSR count). The Morgan fingerprint density at radius 1 is 1.24 bits per heavy atom. The molecule has 0 bridgehead atoms. The lowest BCUT2D eigenvalue weighted by atomic mass is 9.86. The molecule has 1 aliphatic carbocycles. The SMILES string of the molecule is CCCCC(CC)C(=O)N1CCCCC1C1CCCC1=O. The van der Waals surface area contributed by atoms with Gasteiger partial charge in [0.15, 0.2) is 0 Å². The quantitative estimate of drug-likeness (QED) is 0.743. The van der Waals surface area contributed by atoms with Crippen molar-refractivity contribution in [1.29, 1.82) is 0 Å². The molecule has 120 valence electrons. The van der Waals surface area contributed by atoms with Crippen molar-refractivity contribution in [1.82, 2.24) is 4.90 Å². The van der Waals surface area contributed by atoms with Crippen molar-refractivity contribution in [2.45, 2.75) is 84.1 Å². The van der Waals surface area contributed by atoms with Crippen LogP contribution in [0.5, 0.6) is 0 Å². The van der Waals surface area contributed by atoms with Crippen LogP contribution in [0.2, 0.25) is 0 Å². The molecule has 3 heteroatoms. The molecule has 0 radical (unpaired) electrons. The molecule has 1 amide bonds. The molecule has 0 aromatic rings. The molecule has 1 aliphatic heterocycles. The molecule has 3 atom stereocenters. The van der Waals surface area contributed by atoms with Gasteiger partial charge in [-0.15, -0.1) is 0 Å². The van der Waals surface area contributed by atoms with Crippen molar-refractivity contribution in [3.8, 4) is 0 Å². The van der Waals surface area contributed by atoms with Gasteiger partial charge in [-0.3, -0.25) is 9.59 Å². The van der Waals surface area contributed by atoms with Crippen LogP contribution in [0.1, 0.15) is 78.1 Å². The molecular formula is C18H31NO2. The first-order valence-electron chi connectivity index (χ1n) is 9.02. The summed E-state index contributed by atoms with van der Waals surface area (Å²) in [7, 11) is 0. The van der Waals surface area contributed by atoms with Gasteiger partial charge in [0, 0.05) is 30.8 Å². The van der Waals surface area contributed by atoms with Crippen molar-refractivity contribution in [2.75, 3.05) is 6.54 Å². The van der Waals surface area contributed by atoms with Crippen LogP contribution in [0.15, 0.2) is 0 Å². The van der Waals surface area contributed by atoms with Gasteiger partial charge in [-0.25, -0.2) is 0 Å². The van der Waals surface area contributed by atoms with Crippen molar-refractivity contribution in [3.63, 3.8) is 0 Å². The molecule has 2 aliphatic rings. The fourth-order valence-corrected chi connectivity index (χ4v) is 4.09. The van der Waals surface area contributed by atoms with Crippen LogP contribution in [0.4, 0.5) is 0 Å². The second kappa shape index (κ2) is 7.95. The molecule has 0 N–H and O–H groups in total. The summed E-state index contributed by atoms with van der Waals surface area (Å²) >= 11 is 0. The van der Waals surface area contributed by atoms with E-state index >= 15 is 0 Å². The molecule has 21 heavy (non-hydrogen) atoms. The summed E-state index contributed by atoms with van der Waals surface area (Å²) in [6, 6.07) is 0.205. The van der Waals surface area contributed by atoms with Crippen molar-refractivity contribution in [2.24, 2.45) is 11.8 Å². The van der Waals surface area contributed by atoms with Gasteiger partial charge in [0.25, 0.3) is 0 Å². The van der Waals surface area contributed by atoms with E-state index in [4.69, 9.17) is 0 Å². The number of rotatable bonds is 6. The third-order valence-corrected chi connectivity index (χ3v) is 5.40. The van der Waals surface area contributed by atoms with Gasteiger partial charge in [-0.1, -0.05) is 26.7 Å². The maximum atomic E-state index is 12.9. The minimum Gasteiger partial charge on any atom is -0.339 e. The molecule has 0 aromatic heterocycles. The largest absolute Gasteiger partial charge is 0.339 e. The van der Waals surface area contributed by atoms with Gasteiger partial charge < -0.3 is 4.90 Å². The third-order valence-electron chi connectivity index (χ3n) is 5.40. The number of amides is 1. The third kappa shape index (κ3) is 3.87. The number of carbonyl (C=O) groups is 2. The Balaban J connectivity index is 2.06. The highest BCUT2D eigenvalue weighted by molar-refractivity contribution is 5.85. The van der Waals surface area contributed by atoms with Gasteiger partial charge >= 0.3 is 0 Å². The monoisotopic (exact) mass is 293 g/mol. The summed E-state index contributed by atoms with van der Waals surface area (Å²) in [5.74, 6) is 1.04. The summed E-state index contributed by atoms with van der Waals surface area (Å²) in [4.78, 5) is 27.1. The number of piperidine rings is 1. The van der Waals surface area contributed by atoms with Gasteiger partial charge in [-0.2, -0.15) is 0 Å². The zero-order valence-corrected chi connectivity index (χ0v) is 13.8. The van der Waals surface area contributed by atoms with Gasteiger partial charge in [-0.05, 0) is 44.9 Å². The highest BCUT2D eigenvalue weighted by atomic mass is 16.2. The molecule has 3 nitrogen and oxygen atoms in total. The molecule has 0 spiro atoms. The number of carbonyl (C=O) groups excluding carboxylic acids is 2. The summed E-state index contributed by atoms with van der Waals surface area (Å²) < 4.78 is 0. The van der Waals surface area contributed by atoms with Crippen LogP contribution >= 0.6 is 0 Å². The number of hydrogen-bond donors (Lipinski definition) is 0. The lowest BCUT2D eigenvalue weighted by molar-refractivity contribution is -0.142. The van der Waals surface area contributed by atoms with E-state index in [1.54, 1.807) is 0 Å². The van der Waals surface area contributed by atoms with Crippen LogP contribution in [0, 0.1) is 11.8 Å². The summed E-state index contributed by atoms with van der Waals surface area (Å²) in [6.45, 7) is 5.17. The normalized spacial score (nSPS) is 27.9. The molecular weight excluding hydrogens is 262 g/mol. The number of nitrogens with zero attached hydrogens (tertiary/aromatic N) is 1. The van der Waals surface area contributed by atoms with Gasteiger partial charge in [0.05, 0.1) is 0 Å². The number of hydrogen-bond acceptors (Lipinski definition) is 2. The standard InChI is InChI=1S/C18H31NO2/c1-3-5-9-14(4-2)18(21)19-13-7-6-11-16(19)15-10-8-12-17(15)20/h14-16H,3-13H2,1-2H3. The van der Waals surface area contributed by atoms with Gasteiger partial charge in [0.1, 0.15) is 5.78 Å². The average Bonchev–Trinajstić information content (AvgIpc) is 2.94. The predicted molar refractivity (Wildman–Crippen MR) is 85.0 cm³/mol. The Bertz CT molecular complexity index is 366. The van der Waals surface area contributed by atoms with Crippen molar-refractivity contribution >= 4 is 11.7 Å². The summed E-state index contributed by atoms with van der Waals surface area (Å²) in [5.41, 5.74) is 0. The Morgan fingerprint density at radius 3 is 2.67 bits per heavy atom. The van der Waals surface area contributed by atoms with Crippen LogP contribution in [0.25, 0.3) is 0 Å². The first-order chi connectivity index (χ1) is 10.2. The Kier molecular flexibility index (Phi) is 6.25.